The maximum Gasteiger partial charge on any atom is 0.410 e. The highest BCUT2D eigenvalue weighted by atomic mass is 16.6. The van der Waals surface area contributed by atoms with E-state index < -0.39 is 5.60 Å². The number of carbonyl (C=O) groups excluding carboxylic acids is 1. The molecule has 1 atom stereocenters. The first-order valence-electron chi connectivity index (χ1n) is 7.96. The Balaban J connectivity index is 2.24. The fourth-order valence-electron chi connectivity index (χ4n) is 2.85. The second-order valence-electron chi connectivity index (χ2n) is 6.86. The number of piperidine rings is 1. The standard InChI is InChI=1S/C17H27N3O2/c1-12-10-15(18-5)19-11-13(12)14-8-6-7-9-20(14)16(21)22-17(2,3)4/h10-11,14H,6-9H2,1-5H3,(H,18,19). The van der Waals surface area contributed by atoms with Crippen molar-refractivity contribution in [1.82, 2.24) is 9.88 Å². The monoisotopic (exact) mass is 305 g/mol. The minimum atomic E-state index is -0.470. The third kappa shape index (κ3) is 3.90. The Bertz CT molecular complexity index is 537. The summed E-state index contributed by atoms with van der Waals surface area (Å²) in [5.41, 5.74) is 1.80. The molecule has 0 radical (unpaired) electrons. The SMILES string of the molecule is CNc1cc(C)c(C2CCCCN2C(=O)OC(C)(C)C)cn1. The van der Waals surface area contributed by atoms with Crippen LogP contribution in [0.3, 0.4) is 0 Å². The number of anilines is 1. The first-order valence-corrected chi connectivity index (χ1v) is 7.96. The number of nitrogens with one attached hydrogen (secondary N) is 1. The van der Waals surface area contributed by atoms with Gasteiger partial charge in [0.15, 0.2) is 0 Å². The summed E-state index contributed by atoms with van der Waals surface area (Å²) < 4.78 is 5.57. The quantitative estimate of drug-likeness (QED) is 0.900. The molecule has 1 aromatic heterocycles. The molecule has 22 heavy (non-hydrogen) atoms. The number of nitrogens with zero attached hydrogens (tertiary/aromatic N) is 2. The van der Waals surface area contributed by atoms with E-state index in [1.54, 1.807) is 0 Å². The van der Waals surface area contributed by atoms with Crippen molar-refractivity contribution in [2.45, 2.75) is 58.6 Å². The highest BCUT2D eigenvalue weighted by Crippen LogP contribution is 2.34. The predicted molar refractivity (Wildman–Crippen MR) is 88.1 cm³/mol. The van der Waals surface area contributed by atoms with E-state index in [9.17, 15) is 4.79 Å². The maximum atomic E-state index is 12.5. The second kappa shape index (κ2) is 6.55. The van der Waals surface area contributed by atoms with Crippen molar-refractivity contribution < 1.29 is 9.53 Å². The van der Waals surface area contributed by atoms with E-state index in [1.165, 1.54) is 0 Å². The van der Waals surface area contributed by atoms with Gasteiger partial charge < -0.3 is 15.0 Å². The van der Waals surface area contributed by atoms with Crippen molar-refractivity contribution in [3.8, 4) is 0 Å². The fourth-order valence-corrected chi connectivity index (χ4v) is 2.85. The van der Waals surface area contributed by atoms with Crippen LogP contribution >= 0.6 is 0 Å². The van der Waals surface area contributed by atoms with Crippen molar-refractivity contribution in [2.24, 2.45) is 0 Å². The normalized spacial score (nSPS) is 19.0. The van der Waals surface area contributed by atoms with Crippen molar-refractivity contribution in [3.63, 3.8) is 0 Å². The van der Waals surface area contributed by atoms with E-state index in [0.717, 1.165) is 42.8 Å². The molecule has 5 heteroatoms. The number of carbonyl (C=O) groups is 1. The van der Waals surface area contributed by atoms with Gasteiger partial charge in [0.05, 0.1) is 6.04 Å². The highest BCUT2D eigenvalue weighted by molar-refractivity contribution is 5.69. The van der Waals surface area contributed by atoms with Crippen LogP contribution in [0, 0.1) is 6.92 Å². The van der Waals surface area contributed by atoms with Crippen LogP contribution in [0.4, 0.5) is 10.6 Å². The molecule has 1 fully saturated rings. The van der Waals surface area contributed by atoms with Gasteiger partial charge in [0, 0.05) is 19.8 Å². The summed E-state index contributed by atoms with van der Waals surface area (Å²) in [5.74, 6) is 0.848. The zero-order valence-electron chi connectivity index (χ0n) is 14.3. The van der Waals surface area contributed by atoms with Crippen LogP contribution in [0.15, 0.2) is 12.3 Å². The van der Waals surface area contributed by atoms with Gasteiger partial charge >= 0.3 is 6.09 Å². The van der Waals surface area contributed by atoms with Gasteiger partial charge in [-0.05, 0) is 64.2 Å². The molecular weight excluding hydrogens is 278 g/mol. The van der Waals surface area contributed by atoms with Gasteiger partial charge in [0.25, 0.3) is 0 Å². The molecule has 122 valence electrons. The highest BCUT2D eigenvalue weighted by Gasteiger charge is 2.32. The van der Waals surface area contributed by atoms with E-state index in [-0.39, 0.29) is 12.1 Å². The Labute approximate surface area is 133 Å². The van der Waals surface area contributed by atoms with E-state index >= 15 is 0 Å². The zero-order valence-corrected chi connectivity index (χ0v) is 14.3. The molecule has 1 aliphatic rings. The van der Waals surface area contributed by atoms with Gasteiger partial charge in [-0.15, -0.1) is 0 Å². The number of pyridine rings is 1. The third-order valence-corrected chi connectivity index (χ3v) is 3.90. The third-order valence-electron chi connectivity index (χ3n) is 3.90. The molecule has 2 rings (SSSR count). The van der Waals surface area contributed by atoms with E-state index in [4.69, 9.17) is 4.74 Å². The maximum absolute atomic E-state index is 12.5. The summed E-state index contributed by atoms with van der Waals surface area (Å²) in [6.07, 6.45) is 4.76. The van der Waals surface area contributed by atoms with Gasteiger partial charge in [-0.3, -0.25) is 0 Å². The molecule has 5 nitrogen and oxygen atoms in total. The van der Waals surface area contributed by atoms with Crippen LogP contribution in [-0.2, 0) is 4.74 Å². The fraction of sp³-hybridized carbons (Fsp3) is 0.647. The van der Waals surface area contributed by atoms with E-state index in [2.05, 4.69) is 17.2 Å². The molecule has 2 heterocycles. The van der Waals surface area contributed by atoms with Crippen molar-refractivity contribution >= 4 is 11.9 Å². The lowest BCUT2D eigenvalue weighted by molar-refractivity contribution is 0.00943. The lowest BCUT2D eigenvalue weighted by Gasteiger charge is -2.37. The molecule has 1 aliphatic heterocycles. The van der Waals surface area contributed by atoms with Crippen molar-refractivity contribution in [2.75, 3.05) is 18.9 Å². The summed E-state index contributed by atoms with van der Waals surface area (Å²) in [4.78, 5) is 18.8. The first kappa shape index (κ1) is 16.6. The molecule has 0 aliphatic carbocycles. The number of aryl methyl sites for hydroxylation is 1. The van der Waals surface area contributed by atoms with E-state index in [1.807, 2.05) is 45.0 Å². The summed E-state index contributed by atoms with van der Waals surface area (Å²) in [6.45, 7) is 8.52. The molecule has 1 N–H and O–H groups in total. The Kier molecular flexibility index (Phi) is 4.94. The molecular formula is C17H27N3O2. The summed E-state index contributed by atoms with van der Waals surface area (Å²) >= 11 is 0. The molecule has 0 saturated carbocycles. The number of hydrogen-bond donors (Lipinski definition) is 1. The lowest BCUT2D eigenvalue weighted by atomic mass is 9.94. The van der Waals surface area contributed by atoms with Crippen molar-refractivity contribution in [3.05, 3.63) is 23.4 Å². The summed E-state index contributed by atoms with van der Waals surface area (Å²) in [6, 6.07) is 2.08. The largest absolute Gasteiger partial charge is 0.444 e. The first-order chi connectivity index (χ1) is 10.3. The van der Waals surface area contributed by atoms with Crippen LogP contribution in [-0.4, -0.2) is 35.2 Å². The predicted octanol–water partition coefficient (Wildman–Crippen LogP) is 3.89. The Hall–Kier alpha value is -1.78. The van der Waals surface area contributed by atoms with Crippen LogP contribution in [0.5, 0.6) is 0 Å². The Morgan fingerprint density at radius 2 is 2.14 bits per heavy atom. The minimum Gasteiger partial charge on any atom is -0.444 e. The number of amides is 1. The molecule has 1 amide bonds. The van der Waals surface area contributed by atoms with Crippen LogP contribution < -0.4 is 5.32 Å². The van der Waals surface area contributed by atoms with Gasteiger partial charge in [0.2, 0.25) is 0 Å². The zero-order chi connectivity index (χ0) is 16.3. The lowest BCUT2D eigenvalue weighted by Crippen LogP contribution is -2.42. The number of rotatable bonds is 2. The molecule has 1 unspecified atom stereocenters. The van der Waals surface area contributed by atoms with Crippen LogP contribution in [0.25, 0.3) is 0 Å². The van der Waals surface area contributed by atoms with Crippen LogP contribution in [0.2, 0.25) is 0 Å². The van der Waals surface area contributed by atoms with E-state index in [0.29, 0.717) is 0 Å². The van der Waals surface area contributed by atoms with Crippen LogP contribution in [0.1, 0.15) is 57.2 Å². The molecule has 0 aromatic carbocycles. The summed E-state index contributed by atoms with van der Waals surface area (Å²) in [5, 5.41) is 3.05. The van der Waals surface area contributed by atoms with Crippen molar-refractivity contribution in [1.29, 1.82) is 0 Å². The molecule has 0 spiro atoms. The average molecular weight is 305 g/mol. The topological polar surface area (TPSA) is 54.5 Å². The van der Waals surface area contributed by atoms with Gasteiger partial charge in [-0.25, -0.2) is 9.78 Å². The molecule has 0 bridgehead atoms. The molecule has 1 aromatic rings. The minimum absolute atomic E-state index is 0.0574. The van der Waals surface area contributed by atoms with Gasteiger partial charge in [0.1, 0.15) is 11.4 Å². The smallest absolute Gasteiger partial charge is 0.410 e. The average Bonchev–Trinajstić information content (AvgIpc) is 2.45. The van der Waals surface area contributed by atoms with Gasteiger partial charge in [-0.2, -0.15) is 0 Å². The number of hydrogen-bond acceptors (Lipinski definition) is 4. The summed E-state index contributed by atoms with van der Waals surface area (Å²) in [7, 11) is 1.86. The van der Waals surface area contributed by atoms with Gasteiger partial charge in [-0.1, -0.05) is 0 Å². The molecule has 1 saturated heterocycles. The number of aromatic nitrogens is 1. The Morgan fingerprint density at radius 1 is 1.41 bits per heavy atom. The number of ether oxygens (including phenoxy) is 1. The second-order valence-corrected chi connectivity index (χ2v) is 6.86. The Morgan fingerprint density at radius 3 is 2.73 bits per heavy atom. The number of likely N-dealkylation sites (tertiary alicyclic amines) is 1.